The summed E-state index contributed by atoms with van der Waals surface area (Å²) in [6.07, 6.45) is 1.92. The molecule has 0 saturated heterocycles. The second kappa shape index (κ2) is 11.1. The van der Waals surface area contributed by atoms with Gasteiger partial charge in [0, 0.05) is 6.04 Å². The lowest BCUT2D eigenvalue weighted by Gasteiger charge is -2.08. The zero-order chi connectivity index (χ0) is 11.6. The average molecular weight is 229 g/mol. The first-order valence-electron chi connectivity index (χ1n) is 4.43. The average Bonchev–Trinajstić information content (AvgIpc) is 2.02. The van der Waals surface area contributed by atoms with Gasteiger partial charge in [-0.15, -0.1) is 0 Å². The van der Waals surface area contributed by atoms with Crippen LogP contribution < -0.4 is 5.73 Å². The number of nitrogens with two attached hydrogens (primary N) is 1. The monoisotopic (exact) mass is 229 g/mol. The van der Waals surface area contributed by atoms with E-state index < -0.39 is 14.5 Å². The summed E-state index contributed by atoms with van der Waals surface area (Å²) in [5.74, 6) is 0. The number of hydrogen-bond donors (Lipinski definition) is 5. The van der Waals surface area contributed by atoms with E-state index in [2.05, 4.69) is 0 Å². The van der Waals surface area contributed by atoms with Crippen LogP contribution in [0.1, 0.15) is 32.6 Å². The van der Waals surface area contributed by atoms with Crippen LogP contribution in [0.25, 0.3) is 0 Å². The van der Waals surface area contributed by atoms with Gasteiger partial charge in [0.25, 0.3) is 0 Å². The number of rotatable bonds is 5. The minimum atomic E-state index is -3.13. The predicted molar refractivity (Wildman–Crippen MR) is 53.8 cm³/mol. The third-order valence-electron chi connectivity index (χ3n) is 1.56. The molecule has 0 aromatic rings. The summed E-state index contributed by atoms with van der Waals surface area (Å²) in [4.78, 5) is 14.3. The Hall–Kier alpha value is 0.0300. The molecule has 0 aliphatic heterocycles. The van der Waals surface area contributed by atoms with E-state index in [-0.39, 0.29) is 6.04 Å². The Morgan fingerprint density at radius 1 is 1.29 bits per heavy atom. The minimum Gasteiger partial charge on any atom is -0.368 e. The molecule has 0 aliphatic rings. The summed E-state index contributed by atoms with van der Waals surface area (Å²) in [6.45, 7) is 2.03. The normalized spacial score (nSPS) is 12.6. The molecule has 0 radical (unpaired) electrons. The van der Waals surface area contributed by atoms with E-state index >= 15 is 0 Å². The van der Waals surface area contributed by atoms with Crippen molar-refractivity contribution in [1.29, 1.82) is 0 Å². The van der Waals surface area contributed by atoms with E-state index in [1.54, 1.807) is 0 Å². The van der Waals surface area contributed by atoms with Gasteiger partial charge in [-0.25, -0.2) is 0 Å². The smallest absolute Gasteiger partial charge is 0.314 e. The molecule has 0 amide bonds. The number of hydrogen-bond acceptors (Lipinski definition) is 4. The summed E-state index contributed by atoms with van der Waals surface area (Å²) in [6, 6.07) is 0.221. The summed E-state index contributed by atoms with van der Waals surface area (Å²) in [5, 5.41) is 16.9. The zero-order valence-electron chi connectivity index (χ0n) is 8.26. The Morgan fingerprint density at radius 2 is 1.71 bits per heavy atom. The zero-order valence-corrected chi connectivity index (χ0v) is 9.26. The van der Waals surface area contributed by atoms with Crippen molar-refractivity contribution >= 4 is 8.25 Å². The fourth-order valence-electron chi connectivity index (χ4n) is 0.767. The molecule has 1 unspecified atom stereocenters. The molecule has 88 valence electrons. The third kappa shape index (κ3) is 22.7. The molecule has 0 rings (SSSR count). The molecular formula is C7H20NO5P. The highest BCUT2D eigenvalue weighted by Gasteiger charge is 2.00. The lowest BCUT2D eigenvalue weighted by molar-refractivity contribution is -0.0467. The molecule has 0 spiro atoms. The van der Waals surface area contributed by atoms with E-state index in [1.165, 1.54) is 0 Å². The summed E-state index contributed by atoms with van der Waals surface area (Å²) >= 11 is 0. The molecule has 1 atom stereocenters. The summed E-state index contributed by atoms with van der Waals surface area (Å²) in [7, 11) is -3.13. The van der Waals surface area contributed by atoms with Crippen LogP contribution in [0, 0.1) is 0 Å². The third-order valence-corrected chi connectivity index (χ3v) is 1.56. The first-order valence-corrected chi connectivity index (χ1v) is 5.74. The van der Waals surface area contributed by atoms with Gasteiger partial charge in [0.2, 0.25) is 0 Å². The minimum absolute atomic E-state index is 0.221. The van der Waals surface area contributed by atoms with E-state index in [9.17, 15) is 0 Å². The van der Waals surface area contributed by atoms with E-state index in [0.717, 1.165) is 19.3 Å². The molecule has 6 N–H and O–H groups in total. The fourth-order valence-corrected chi connectivity index (χ4v) is 0.767. The molecule has 7 heteroatoms. The molecule has 14 heavy (non-hydrogen) atoms. The van der Waals surface area contributed by atoms with Crippen molar-refractivity contribution in [1.82, 2.24) is 0 Å². The second-order valence-corrected chi connectivity index (χ2v) is 3.43. The Bertz CT molecular complexity index is 140. The second-order valence-electron chi connectivity index (χ2n) is 2.86. The highest BCUT2D eigenvalue weighted by atomic mass is 31.1. The lowest BCUT2D eigenvalue weighted by Crippen LogP contribution is -2.18. The van der Waals surface area contributed by atoms with E-state index in [4.69, 9.17) is 30.3 Å². The predicted octanol–water partition coefficient (Wildman–Crippen LogP) is -0.435. The van der Waals surface area contributed by atoms with Crippen molar-refractivity contribution in [2.45, 2.75) is 44.9 Å². The van der Waals surface area contributed by atoms with Gasteiger partial charge in [-0.1, -0.05) is 6.92 Å². The molecule has 0 aromatic carbocycles. The topological polar surface area (TPSA) is 124 Å². The summed E-state index contributed by atoms with van der Waals surface area (Å²) < 4.78 is 8.74. The maximum Gasteiger partial charge on any atom is 0.314 e. The molecule has 0 bridgehead atoms. The van der Waals surface area contributed by atoms with Gasteiger partial charge in [-0.2, -0.15) is 0 Å². The molecule has 6 nitrogen and oxygen atoms in total. The number of aliphatic hydroxyl groups is 2. The highest BCUT2D eigenvalue weighted by molar-refractivity contribution is 7.30. The van der Waals surface area contributed by atoms with Crippen LogP contribution in [0.15, 0.2) is 0 Å². The quantitative estimate of drug-likeness (QED) is 0.322. The maximum absolute atomic E-state index is 8.74. The standard InChI is InChI=1S/C7H17NO2.H3O3P/c1-2-6(8)4-3-5-7(9)10;1-4(2)3/h6-7,9-10H,2-5,8H2,1H3;4H,(H2,1,2,3). The number of aliphatic hydroxyl groups excluding tert-OH is 1. The molecule has 0 aliphatic carbocycles. The largest absolute Gasteiger partial charge is 0.368 e. The molecule has 0 fully saturated rings. The van der Waals surface area contributed by atoms with Gasteiger partial charge in [-0.05, 0) is 25.7 Å². The van der Waals surface area contributed by atoms with E-state index in [1.807, 2.05) is 6.92 Å². The maximum atomic E-state index is 8.74. The molecule has 0 saturated carbocycles. The van der Waals surface area contributed by atoms with Crippen molar-refractivity contribution in [3.05, 3.63) is 0 Å². The SMILES string of the molecule is CCC(N)CCCC(O)O.O=[PH](O)O. The first kappa shape index (κ1) is 16.5. The Morgan fingerprint density at radius 3 is 2.00 bits per heavy atom. The Kier molecular flexibility index (Phi) is 13.1. The van der Waals surface area contributed by atoms with Crippen LogP contribution in [-0.4, -0.2) is 32.3 Å². The fraction of sp³-hybridized carbons (Fsp3) is 1.00. The molecule has 0 aromatic heterocycles. The van der Waals surface area contributed by atoms with Crippen LogP contribution >= 0.6 is 8.25 Å². The van der Waals surface area contributed by atoms with Gasteiger partial charge >= 0.3 is 8.25 Å². The lowest BCUT2D eigenvalue weighted by atomic mass is 10.1. The van der Waals surface area contributed by atoms with Crippen molar-refractivity contribution in [3.8, 4) is 0 Å². The van der Waals surface area contributed by atoms with Crippen LogP contribution in [0.2, 0.25) is 0 Å². The van der Waals surface area contributed by atoms with Crippen LogP contribution in [-0.2, 0) is 4.57 Å². The van der Waals surface area contributed by atoms with Crippen molar-refractivity contribution in [2.75, 3.05) is 0 Å². The van der Waals surface area contributed by atoms with Crippen molar-refractivity contribution in [3.63, 3.8) is 0 Å². The molecule has 0 heterocycles. The van der Waals surface area contributed by atoms with Gasteiger partial charge in [0.15, 0.2) is 6.29 Å². The van der Waals surface area contributed by atoms with E-state index in [0.29, 0.717) is 6.42 Å². The highest BCUT2D eigenvalue weighted by Crippen LogP contribution is 2.02. The van der Waals surface area contributed by atoms with Gasteiger partial charge in [-0.3, -0.25) is 4.57 Å². The molecular weight excluding hydrogens is 209 g/mol. The Labute approximate surface area is 84.3 Å². The van der Waals surface area contributed by atoms with Crippen molar-refractivity contribution < 1.29 is 24.6 Å². The van der Waals surface area contributed by atoms with Gasteiger partial charge in [0.1, 0.15) is 0 Å². The first-order chi connectivity index (χ1) is 6.40. The van der Waals surface area contributed by atoms with Crippen LogP contribution in [0.3, 0.4) is 0 Å². The van der Waals surface area contributed by atoms with Crippen LogP contribution in [0.4, 0.5) is 0 Å². The Balaban J connectivity index is 0. The van der Waals surface area contributed by atoms with Crippen LogP contribution in [0.5, 0.6) is 0 Å². The van der Waals surface area contributed by atoms with Gasteiger partial charge in [0.05, 0.1) is 0 Å². The van der Waals surface area contributed by atoms with Gasteiger partial charge < -0.3 is 25.7 Å². The summed E-state index contributed by atoms with van der Waals surface area (Å²) in [5.41, 5.74) is 5.60. The van der Waals surface area contributed by atoms with Crippen molar-refractivity contribution in [2.24, 2.45) is 5.73 Å².